The molecule has 2 N–H and O–H groups in total. The number of hydrogen-bond acceptors (Lipinski definition) is 4. The second-order valence-electron chi connectivity index (χ2n) is 11.4. The van der Waals surface area contributed by atoms with Gasteiger partial charge in [-0.15, -0.1) is 0 Å². The topological polar surface area (TPSA) is 94.7 Å². The molecule has 2 aromatic rings. The molecule has 0 unspecified atom stereocenters. The third-order valence-corrected chi connectivity index (χ3v) is 8.58. The van der Waals surface area contributed by atoms with Crippen LogP contribution in [0.15, 0.2) is 18.2 Å². The van der Waals surface area contributed by atoms with Crippen molar-refractivity contribution >= 4 is 28.6 Å². The summed E-state index contributed by atoms with van der Waals surface area (Å²) in [5.41, 5.74) is 3.08. The zero-order valence-corrected chi connectivity index (χ0v) is 22.5. The fraction of sp³-hybridized carbons (Fsp3) is 0.621. The Morgan fingerprint density at radius 2 is 1.95 bits per heavy atom. The molecule has 5 rings (SSSR count). The molecule has 1 aromatic carbocycles. The molecule has 8 nitrogen and oxygen atoms in total. The van der Waals surface area contributed by atoms with Crippen LogP contribution in [0, 0.1) is 5.92 Å². The van der Waals surface area contributed by atoms with Crippen LogP contribution in [0.2, 0.25) is 0 Å². The Hall–Kier alpha value is -3.03. The maximum atomic E-state index is 13.9. The number of carbonyl (C=O) groups excluding carboxylic acids is 3. The second kappa shape index (κ2) is 10.4. The van der Waals surface area contributed by atoms with Gasteiger partial charge in [0.25, 0.3) is 0 Å². The van der Waals surface area contributed by atoms with E-state index in [2.05, 4.69) is 24.1 Å². The number of nitrogens with zero attached hydrogens (tertiary/aromatic N) is 2. The van der Waals surface area contributed by atoms with Crippen molar-refractivity contribution < 1.29 is 19.1 Å². The lowest BCUT2D eigenvalue weighted by Crippen LogP contribution is -2.66. The molecule has 37 heavy (non-hydrogen) atoms. The number of carbonyl (C=O) groups is 3. The Balaban J connectivity index is 1.38. The van der Waals surface area contributed by atoms with Gasteiger partial charge in [-0.05, 0) is 49.3 Å². The first-order valence-electron chi connectivity index (χ1n) is 13.8. The third-order valence-electron chi connectivity index (χ3n) is 8.58. The predicted octanol–water partition coefficient (Wildman–Crippen LogP) is 4.09. The molecule has 0 radical (unpaired) electrons. The van der Waals surface area contributed by atoms with E-state index in [4.69, 9.17) is 4.74 Å². The zero-order chi connectivity index (χ0) is 26.3. The maximum absolute atomic E-state index is 13.9. The smallest absolute Gasteiger partial charge is 0.246 e. The van der Waals surface area contributed by atoms with E-state index in [1.54, 1.807) is 7.11 Å². The summed E-state index contributed by atoms with van der Waals surface area (Å²) in [6, 6.07) is 4.80. The van der Waals surface area contributed by atoms with E-state index < -0.39 is 12.1 Å². The van der Waals surface area contributed by atoms with E-state index in [-0.39, 0.29) is 30.2 Å². The van der Waals surface area contributed by atoms with Gasteiger partial charge in [0, 0.05) is 48.6 Å². The molecule has 1 saturated carbocycles. The Morgan fingerprint density at radius 3 is 2.65 bits per heavy atom. The van der Waals surface area contributed by atoms with Crippen LogP contribution in [0.5, 0.6) is 5.75 Å². The largest absolute Gasteiger partial charge is 0.497 e. The molecule has 2 aliphatic heterocycles. The molecular formula is C29H40N4O4. The molecule has 3 aliphatic rings. The first-order valence-corrected chi connectivity index (χ1v) is 13.8. The van der Waals surface area contributed by atoms with E-state index in [0.29, 0.717) is 24.8 Å². The number of aromatic nitrogens is 1. The number of H-pyrrole nitrogens is 1. The van der Waals surface area contributed by atoms with Gasteiger partial charge in [-0.25, -0.2) is 0 Å². The highest BCUT2D eigenvalue weighted by molar-refractivity contribution is 5.99. The molecular weight excluding hydrogens is 468 g/mol. The number of ether oxygens (including phenoxy) is 1. The number of fused-ring (bicyclic) bond motifs is 4. The molecule has 3 atom stereocenters. The van der Waals surface area contributed by atoms with Gasteiger partial charge in [0.2, 0.25) is 17.7 Å². The van der Waals surface area contributed by atoms with Crippen molar-refractivity contribution in [2.45, 2.75) is 95.8 Å². The average Bonchev–Trinajstić information content (AvgIpc) is 3.27. The Morgan fingerprint density at radius 1 is 1.19 bits per heavy atom. The molecule has 1 aliphatic carbocycles. The lowest BCUT2D eigenvalue weighted by molar-refractivity contribution is -0.154. The summed E-state index contributed by atoms with van der Waals surface area (Å²) in [7, 11) is 3.53. The third kappa shape index (κ3) is 4.82. The number of aromatic amines is 1. The van der Waals surface area contributed by atoms with Crippen molar-refractivity contribution in [3.8, 4) is 5.75 Å². The maximum Gasteiger partial charge on any atom is 0.246 e. The number of methoxy groups -OCH3 is 1. The predicted molar refractivity (Wildman–Crippen MR) is 142 cm³/mol. The quantitative estimate of drug-likeness (QED) is 0.589. The van der Waals surface area contributed by atoms with Crippen LogP contribution in [0.4, 0.5) is 0 Å². The number of amides is 3. The molecule has 2 fully saturated rings. The summed E-state index contributed by atoms with van der Waals surface area (Å²) < 4.78 is 5.41. The van der Waals surface area contributed by atoms with Gasteiger partial charge in [-0.3, -0.25) is 14.4 Å². The minimum Gasteiger partial charge on any atom is -0.497 e. The standard InChI is InChI=1S/C29H40N4O4/c1-17(2)14-24-27-21(20-11-10-19(37-4)15-23(20)30-27)16-25-28(35)31-22(29(36)33(24)25)12-13-26(34)32(3)18-8-6-5-7-9-18/h10-11,15,17-18,22,24-25,30H,5-9,12-14,16H2,1-4H3,(H,31,35)/t22-,24-,25-/m0/s1. The van der Waals surface area contributed by atoms with E-state index in [1.165, 1.54) is 6.42 Å². The molecule has 1 saturated heterocycles. The summed E-state index contributed by atoms with van der Waals surface area (Å²) in [5.74, 6) is 0.950. The van der Waals surface area contributed by atoms with Crippen LogP contribution in [-0.2, 0) is 20.8 Å². The van der Waals surface area contributed by atoms with Gasteiger partial charge in [-0.2, -0.15) is 0 Å². The van der Waals surface area contributed by atoms with E-state index >= 15 is 0 Å². The number of nitrogens with one attached hydrogen (secondary N) is 2. The highest BCUT2D eigenvalue weighted by Crippen LogP contribution is 2.42. The molecule has 3 heterocycles. The fourth-order valence-corrected chi connectivity index (χ4v) is 6.56. The Bertz CT molecular complexity index is 1180. The number of hydrogen-bond donors (Lipinski definition) is 2. The SMILES string of the molecule is COc1ccc2c3c([nH]c2c1)[C@H](CC(C)C)N1C(=O)[C@H](CCC(=O)N(C)C2CCCCC2)NC(=O)[C@@H]1C3. The van der Waals surface area contributed by atoms with Crippen molar-refractivity contribution in [1.29, 1.82) is 0 Å². The van der Waals surface area contributed by atoms with Crippen molar-refractivity contribution in [3.63, 3.8) is 0 Å². The first-order chi connectivity index (χ1) is 17.8. The van der Waals surface area contributed by atoms with Crippen molar-refractivity contribution in [3.05, 3.63) is 29.5 Å². The van der Waals surface area contributed by atoms with Crippen molar-refractivity contribution in [2.75, 3.05) is 14.2 Å². The fourth-order valence-electron chi connectivity index (χ4n) is 6.56. The van der Waals surface area contributed by atoms with Gasteiger partial charge in [-0.1, -0.05) is 33.1 Å². The van der Waals surface area contributed by atoms with E-state index in [0.717, 1.165) is 60.0 Å². The number of piperazine rings is 1. The van der Waals surface area contributed by atoms with Crippen LogP contribution in [0.25, 0.3) is 10.9 Å². The van der Waals surface area contributed by atoms with Crippen LogP contribution < -0.4 is 10.1 Å². The Kier molecular flexibility index (Phi) is 7.19. The summed E-state index contributed by atoms with van der Waals surface area (Å²) in [4.78, 5) is 47.4. The molecule has 1 aromatic heterocycles. The molecule has 3 amide bonds. The highest BCUT2D eigenvalue weighted by Gasteiger charge is 2.48. The van der Waals surface area contributed by atoms with Crippen LogP contribution in [0.3, 0.4) is 0 Å². The molecule has 0 bridgehead atoms. The van der Waals surface area contributed by atoms with Crippen LogP contribution in [-0.4, -0.2) is 64.8 Å². The van der Waals surface area contributed by atoms with E-state index in [9.17, 15) is 14.4 Å². The second-order valence-corrected chi connectivity index (χ2v) is 11.4. The monoisotopic (exact) mass is 508 g/mol. The van der Waals surface area contributed by atoms with Gasteiger partial charge in [0.15, 0.2) is 0 Å². The van der Waals surface area contributed by atoms with Gasteiger partial charge < -0.3 is 24.8 Å². The molecule has 8 heteroatoms. The summed E-state index contributed by atoms with van der Waals surface area (Å²) in [5, 5.41) is 4.04. The summed E-state index contributed by atoms with van der Waals surface area (Å²) in [6.45, 7) is 4.28. The van der Waals surface area contributed by atoms with Crippen LogP contribution in [0.1, 0.15) is 82.5 Å². The average molecular weight is 509 g/mol. The lowest BCUT2D eigenvalue weighted by Gasteiger charge is -2.47. The van der Waals surface area contributed by atoms with Gasteiger partial charge >= 0.3 is 0 Å². The van der Waals surface area contributed by atoms with Gasteiger partial charge in [0.05, 0.1) is 13.2 Å². The molecule has 200 valence electrons. The number of benzene rings is 1. The van der Waals surface area contributed by atoms with Gasteiger partial charge in [0.1, 0.15) is 17.8 Å². The van der Waals surface area contributed by atoms with E-state index in [1.807, 2.05) is 35.0 Å². The normalized spacial score (nSPS) is 24.1. The minimum absolute atomic E-state index is 0.0558. The lowest BCUT2D eigenvalue weighted by atomic mass is 9.85. The van der Waals surface area contributed by atoms with Crippen LogP contribution >= 0.6 is 0 Å². The minimum atomic E-state index is -0.673. The van der Waals surface area contributed by atoms with Crippen molar-refractivity contribution in [1.82, 2.24) is 20.1 Å². The highest BCUT2D eigenvalue weighted by atomic mass is 16.5. The summed E-state index contributed by atoms with van der Waals surface area (Å²) >= 11 is 0. The first kappa shape index (κ1) is 25.6. The summed E-state index contributed by atoms with van der Waals surface area (Å²) in [6.07, 6.45) is 7.47. The zero-order valence-electron chi connectivity index (χ0n) is 22.5. The van der Waals surface area contributed by atoms with Crippen molar-refractivity contribution in [2.24, 2.45) is 5.92 Å². The number of rotatable bonds is 7. The molecule has 0 spiro atoms. The Labute approximate surface area is 219 Å².